The predicted octanol–water partition coefficient (Wildman–Crippen LogP) is 11.1. The molecule has 0 unspecified atom stereocenters. The van der Waals surface area contributed by atoms with Crippen LogP contribution in [-0.4, -0.2) is 89.2 Å². The molecular weight excluding hydrogens is 1150 g/mol. The summed E-state index contributed by atoms with van der Waals surface area (Å²) in [5.74, 6) is -0.255. The Bertz CT molecular complexity index is 3290. The molecule has 0 aliphatic rings. The molecule has 0 atom stereocenters. The molecule has 86 heavy (non-hydrogen) atoms. The van der Waals surface area contributed by atoms with Crippen molar-refractivity contribution in [1.29, 1.82) is 0 Å². The van der Waals surface area contributed by atoms with E-state index in [1.54, 1.807) is 12.1 Å². The third-order valence-electron chi connectivity index (χ3n) is 12.4. The quantitative estimate of drug-likeness (QED) is 0.0163. The molecule has 4 heterocycles. The fourth-order valence-electron chi connectivity index (χ4n) is 7.99. The van der Waals surface area contributed by atoms with Gasteiger partial charge in [0.2, 0.25) is 33.9 Å². The van der Waals surface area contributed by atoms with Gasteiger partial charge in [-0.25, -0.2) is 0 Å². The van der Waals surface area contributed by atoms with Gasteiger partial charge in [-0.2, -0.15) is 10.2 Å². The van der Waals surface area contributed by atoms with E-state index in [2.05, 4.69) is 61.5 Å². The number of aryl methyl sites for hydroxylation is 4. The molecule has 8 aromatic rings. The summed E-state index contributed by atoms with van der Waals surface area (Å²) in [6.07, 6.45) is 10.8. The average Bonchev–Trinajstić information content (AvgIpc) is 4.34. The van der Waals surface area contributed by atoms with Crippen LogP contribution < -0.4 is 20.9 Å². The van der Waals surface area contributed by atoms with Crippen LogP contribution in [0.1, 0.15) is 115 Å². The van der Waals surface area contributed by atoms with Crippen molar-refractivity contribution in [2.45, 2.75) is 123 Å². The smallest absolute Gasteiger partial charge is 0.307 e. The molecule has 4 aromatic heterocycles. The van der Waals surface area contributed by atoms with Gasteiger partial charge in [0.1, 0.15) is 10.0 Å². The number of nitrogens with zero attached hydrogens (tertiary/aromatic N) is 9. The first-order valence-corrected chi connectivity index (χ1v) is 30.6. The number of hydrogen-bond donors (Lipinski definition) is 3. The van der Waals surface area contributed by atoms with Crippen LogP contribution in [-0.2, 0) is 89.6 Å². The highest BCUT2D eigenvalue weighted by Gasteiger charge is 2.22. The van der Waals surface area contributed by atoms with E-state index < -0.39 is 0 Å². The second-order valence-corrected chi connectivity index (χ2v) is 21.8. The van der Waals surface area contributed by atoms with Gasteiger partial charge in [-0.05, 0) is 97.9 Å². The maximum Gasteiger partial charge on any atom is 0.307 e. The number of hydrogen-bond acceptors (Lipinski definition) is 18. The Hall–Kier alpha value is -8.73. The van der Waals surface area contributed by atoms with Crippen molar-refractivity contribution in [3.63, 3.8) is 0 Å². The number of ether oxygens (including phenoxy) is 2. The average molecular weight is 1220 g/mol. The molecule has 0 fully saturated rings. The summed E-state index contributed by atoms with van der Waals surface area (Å²) in [6.45, 7) is 3.73. The second-order valence-electron chi connectivity index (χ2n) is 19.5. The summed E-state index contributed by atoms with van der Waals surface area (Å²) in [5, 5.41) is 44.5. The van der Waals surface area contributed by atoms with Gasteiger partial charge in [0.05, 0.1) is 37.1 Å². The number of anilines is 4. The Labute approximate surface area is 514 Å². The van der Waals surface area contributed by atoms with Crippen molar-refractivity contribution in [2.24, 2.45) is 0 Å². The van der Waals surface area contributed by atoms with Crippen LogP contribution in [0.3, 0.4) is 0 Å². The van der Waals surface area contributed by atoms with E-state index in [9.17, 15) is 28.8 Å². The number of carbonyl (C=O) groups excluding carboxylic acids is 6. The summed E-state index contributed by atoms with van der Waals surface area (Å²) in [7, 11) is 0. The topological polar surface area (TPSA) is 263 Å². The minimum atomic E-state index is -0.338. The second kappa shape index (κ2) is 38.3. The van der Waals surface area contributed by atoms with Crippen LogP contribution in [0.15, 0.2) is 146 Å². The number of nitrogens with one attached hydrogen (secondary N) is 3. The van der Waals surface area contributed by atoms with Gasteiger partial charge in [0.25, 0.3) is 0 Å². The van der Waals surface area contributed by atoms with Crippen molar-refractivity contribution in [3.8, 4) is 0 Å². The summed E-state index contributed by atoms with van der Waals surface area (Å²) in [4.78, 5) is 73.6. The Kier molecular flexibility index (Phi) is 29.5. The minimum absolute atomic E-state index is 0.0289. The Balaban J connectivity index is 0.000000248. The molecule has 0 aliphatic carbocycles. The first-order chi connectivity index (χ1) is 41.9. The van der Waals surface area contributed by atoms with Crippen LogP contribution in [0, 0.1) is 0 Å². The molecule has 23 heteroatoms. The molecule has 4 aromatic carbocycles. The van der Waals surface area contributed by atoms with Crippen LogP contribution >= 0.6 is 34.3 Å². The fourth-order valence-corrected chi connectivity index (χ4v) is 9.80. The Morgan fingerprint density at radius 2 is 0.884 bits per heavy atom. The van der Waals surface area contributed by atoms with Gasteiger partial charge in [-0.15, -0.1) is 30.6 Å². The van der Waals surface area contributed by atoms with Crippen LogP contribution in [0.5, 0.6) is 0 Å². The van der Waals surface area contributed by atoms with Crippen LogP contribution in [0.2, 0.25) is 0 Å². The molecular formula is C63H71ClN12O8S2. The maximum absolute atomic E-state index is 13.2. The van der Waals surface area contributed by atoms with E-state index in [1.165, 1.54) is 27.6 Å². The molecule has 0 spiro atoms. The SMILES string of the molecule is CCCC(=O)OCCl.CCCCC(=O)OCN(C(=O)Cc1ccccc1)c1nnc(CCCCc2ccc(NC(=O)Cc3ccccc3)nn2)s1.O=C(Cc1ccccc1)Nc1ccc(CCCCc2nnc(NC(=O)Cc3ccccc3)s2)nn1. The lowest BCUT2D eigenvalue weighted by atomic mass is 10.1. The van der Waals surface area contributed by atoms with E-state index in [4.69, 9.17) is 16.3 Å². The third kappa shape index (κ3) is 26.0. The summed E-state index contributed by atoms with van der Waals surface area (Å²) < 4.78 is 9.81. The largest absolute Gasteiger partial charge is 0.449 e. The zero-order chi connectivity index (χ0) is 61.0. The van der Waals surface area contributed by atoms with Crippen molar-refractivity contribution >= 4 is 91.7 Å². The maximum atomic E-state index is 13.2. The number of amides is 4. The zero-order valence-corrected chi connectivity index (χ0v) is 50.7. The van der Waals surface area contributed by atoms with Gasteiger partial charge >= 0.3 is 11.9 Å². The van der Waals surface area contributed by atoms with E-state index in [0.717, 1.165) is 108 Å². The Morgan fingerprint density at radius 1 is 0.442 bits per heavy atom. The molecule has 0 radical (unpaired) electrons. The minimum Gasteiger partial charge on any atom is -0.449 e. The van der Waals surface area contributed by atoms with Gasteiger partial charge in [0.15, 0.2) is 24.4 Å². The van der Waals surface area contributed by atoms with E-state index in [0.29, 0.717) is 54.0 Å². The monoisotopic (exact) mass is 1220 g/mol. The number of halogens is 1. The highest BCUT2D eigenvalue weighted by atomic mass is 35.5. The molecule has 8 rings (SSSR count). The van der Waals surface area contributed by atoms with Crippen molar-refractivity contribution in [2.75, 3.05) is 33.6 Å². The number of alkyl halides is 1. The number of carbonyl (C=O) groups is 6. The van der Waals surface area contributed by atoms with E-state index in [-0.39, 0.29) is 61.2 Å². The predicted molar refractivity (Wildman–Crippen MR) is 333 cm³/mol. The number of rotatable bonds is 30. The third-order valence-corrected chi connectivity index (χ3v) is 14.4. The van der Waals surface area contributed by atoms with Gasteiger partial charge in [-0.1, -0.05) is 176 Å². The number of unbranched alkanes of at least 4 members (excludes halogenated alkanes) is 3. The molecule has 450 valence electrons. The van der Waals surface area contributed by atoms with Gasteiger partial charge in [-0.3, -0.25) is 33.7 Å². The van der Waals surface area contributed by atoms with E-state index in [1.807, 2.05) is 147 Å². The van der Waals surface area contributed by atoms with Crippen LogP contribution in [0.4, 0.5) is 21.9 Å². The number of esters is 2. The number of benzene rings is 4. The molecule has 3 N–H and O–H groups in total. The molecule has 4 amide bonds. The Morgan fingerprint density at radius 3 is 1.34 bits per heavy atom. The standard InChI is InChI=1S/C32H36N6O4S.C26H26N6O2S.C5H9ClO2/c1-2-3-18-31(41)42-23-38(30(40)22-25-14-8-5-9-15-25)32-37-36-29(43-32)17-11-10-16-26-19-20-27(35-34-26)33-28(39)21-24-12-6-4-7-13-24;33-23(17-19-9-3-1-4-10-19)27-22-16-15-21(29-30-22)13-7-8-14-25-31-32-26(35-25)28-24(34)18-20-11-5-2-6-12-20;1-2-3-5(7)8-4-6/h4-9,12-15,19-20H,2-3,10-11,16-18,21-23H2,1H3,(H,33,35,39);1-6,9-12,15-16H,7-8,13-14,17-18H2,(H,27,30,33)(H,28,32,34);2-4H2,1H3. The summed E-state index contributed by atoms with van der Waals surface area (Å²) >= 11 is 7.82. The molecule has 20 nitrogen and oxygen atoms in total. The normalized spacial score (nSPS) is 10.5. The lowest BCUT2D eigenvalue weighted by Gasteiger charge is -2.19. The lowest BCUT2D eigenvalue weighted by Crippen LogP contribution is -2.35. The fraction of sp³-hybridized carbons (Fsp3) is 0.333. The summed E-state index contributed by atoms with van der Waals surface area (Å²) in [6, 6.07) is 45.4. The van der Waals surface area contributed by atoms with Gasteiger partial charge in [0, 0.05) is 25.7 Å². The summed E-state index contributed by atoms with van der Waals surface area (Å²) in [5.41, 5.74) is 5.42. The molecule has 0 saturated carbocycles. The number of aromatic nitrogens is 8. The highest BCUT2D eigenvalue weighted by Crippen LogP contribution is 2.24. The molecule has 0 bridgehead atoms. The van der Waals surface area contributed by atoms with Crippen molar-refractivity contribution in [3.05, 3.63) is 189 Å². The lowest BCUT2D eigenvalue weighted by molar-refractivity contribution is -0.144. The van der Waals surface area contributed by atoms with Crippen molar-refractivity contribution in [1.82, 2.24) is 40.8 Å². The molecule has 0 saturated heterocycles. The molecule has 0 aliphatic heterocycles. The first kappa shape index (κ1) is 66.4. The van der Waals surface area contributed by atoms with Gasteiger partial charge < -0.3 is 25.4 Å². The van der Waals surface area contributed by atoms with Crippen LogP contribution in [0.25, 0.3) is 0 Å². The van der Waals surface area contributed by atoms with Crippen molar-refractivity contribution < 1.29 is 38.2 Å². The zero-order valence-electron chi connectivity index (χ0n) is 48.3. The highest BCUT2D eigenvalue weighted by molar-refractivity contribution is 7.15. The first-order valence-electron chi connectivity index (χ1n) is 28.5. The van der Waals surface area contributed by atoms with E-state index >= 15 is 0 Å².